The van der Waals surface area contributed by atoms with E-state index in [4.69, 9.17) is 14.2 Å². The number of nitrogens with one attached hydrogen (secondary N) is 1. The molecule has 1 aliphatic carbocycles. The van der Waals surface area contributed by atoms with Gasteiger partial charge < -0.3 is 19.5 Å². The number of benzene rings is 1. The number of aromatic nitrogens is 2. The van der Waals surface area contributed by atoms with Crippen LogP contribution < -0.4 is 19.5 Å². The van der Waals surface area contributed by atoms with Crippen molar-refractivity contribution in [2.24, 2.45) is 7.05 Å². The SMILES string of the molecule is COc1cc(CNC2CCCc3c2cnn3C)cc2c1OCO2.Cl. The van der Waals surface area contributed by atoms with Crippen molar-refractivity contribution in [3.63, 3.8) is 0 Å². The quantitative estimate of drug-likeness (QED) is 0.917. The summed E-state index contributed by atoms with van der Waals surface area (Å²) < 4.78 is 18.3. The van der Waals surface area contributed by atoms with E-state index in [9.17, 15) is 0 Å². The number of aryl methyl sites for hydroxylation is 1. The van der Waals surface area contributed by atoms with E-state index in [1.165, 1.54) is 17.7 Å². The van der Waals surface area contributed by atoms with Crippen LogP contribution in [0, 0.1) is 0 Å². The molecule has 1 aliphatic heterocycles. The summed E-state index contributed by atoms with van der Waals surface area (Å²) in [5.41, 5.74) is 3.80. The molecule has 1 unspecified atom stereocenters. The highest BCUT2D eigenvalue weighted by atomic mass is 35.5. The molecule has 0 spiro atoms. The van der Waals surface area contributed by atoms with Crippen molar-refractivity contribution in [1.82, 2.24) is 15.1 Å². The van der Waals surface area contributed by atoms with Crippen molar-refractivity contribution in [3.8, 4) is 17.2 Å². The number of hydrogen-bond donors (Lipinski definition) is 1. The molecule has 1 aromatic carbocycles. The van der Waals surface area contributed by atoms with Gasteiger partial charge in [0, 0.05) is 30.9 Å². The molecule has 130 valence electrons. The monoisotopic (exact) mass is 351 g/mol. The first kappa shape index (κ1) is 16.9. The molecule has 1 N–H and O–H groups in total. The fraction of sp³-hybridized carbons (Fsp3) is 0.471. The molecule has 7 heteroatoms. The Balaban J connectivity index is 0.00000169. The minimum absolute atomic E-state index is 0. The topological polar surface area (TPSA) is 57.5 Å². The van der Waals surface area contributed by atoms with Gasteiger partial charge in [0.05, 0.1) is 13.3 Å². The van der Waals surface area contributed by atoms with Crippen LogP contribution in [0.4, 0.5) is 0 Å². The third kappa shape index (κ3) is 2.91. The number of fused-ring (bicyclic) bond motifs is 2. The van der Waals surface area contributed by atoms with Gasteiger partial charge >= 0.3 is 0 Å². The first-order valence-electron chi connectivity index (χ1n) is 7.97. The van der Waals surface area contributed by atoms with Crippen molar-refractivity contribution in [2.45, 2.75) is 31.8 Å². The van der Waals surface area contributed by atoms with Gasteiger partial charge in [-0.15, -0.1) is 12.4 Å². The number of rotatable bonds is 4. The van der Waals surface area contributed by atoms with Gasteiger partial charge in [-0.25, -0.2) is 0 Å². The van der Waals surface area contributed by atoms with E-state index < -0.39 is 0 Å². The van der Waals surface area contributed by atoms with Gasteiger partial charge in [0.2, 0.25) is 12.5 Å². The van der Waals surface area contributed by atoms with Crippen molar-refractivity contribution in [1.29, 1.82) is 0 Å². The second-order valence-corrected chi connectivity index (χ2v) is 6.03. The van der Waals surface area contributed by atoms with Gasteiger partial charge in [0.1, 0.15) is 0 Å². The molecule has 24 heavy (non-hydrogen) atoms. The van der Waals surface area contributed by atoms with Crippen LogP contribution in [0.25, 0.3) is 0 Å². The Morgan fingerprint density at radius 2 is 2.25 bits per heavy atom. The standard InChI is InChI=1S/C17H21N3O3.ClH/c1-20-14-5-3-4-13(12(14)9-19-20)18-8-11-6-15(21-2)17-16(7-11)22-10-23-17;/h6-7,9,13,18H,3-5,8,10H2,1-2H3;1H. The van der Waals surface area contributed by atoms with Crippen LogP contribution in [0.2, 0.25) is 0 Å². The molecule has 0 fully saturated rings. The van der Waals surface area contributed by atoms with E-state index in [1.54, 1.807) is 7.11 Å². The Morgan fingerprint density at radius 1 is 1.38 bits per heavy atom. The number of ether oxygens (including phenoxy) is 3. The van der Waals surface area contributed by atoms with Crippen LogP contribution in [-0.4, -0.2) is 23.7 Å². The van der Waals surface area contributed by atoms with E-state index in [1.807, 2.05) is 30.1 Å². The smallest absolute Gasteiger partial charge is 0.231 e. The molecular formula is C17H22ClN3O3. The minimum Gasteiger partial charge on any atom is -0.493 e. The molecule has 1 atom stereocenters. The maximum Gasteiger partial charge on any atom is 0.231 e. The summed E-state index contributed by atoms with van der Waals surface area (Å²) in [4.78, 5) is 0. The van der Waals surface area contributed by atoms with Crippen LogP contribution in [0.5, 0.6) is 17.2 Å². The fourth-order valence-electron chi connectivity index (χ4n) is 3.45. The highest BCUT2D eigenvalue weighted by Gasteiger charge is 2.24. The van der Waals surface area contributed by atoms with Crippen LogP contribution in [0.1, 0.15) is 35.7 Å². The predicted octanol–water partition coefficient (Wildman–Crippen LogP) is 2.75. The van der Waals surface area contributed by atoms with Crippen molar-refractivity contribution in [3.05, 3.63) is 35.2 Å². The van der Waals surface area contributed by atoms with Gasteiger partial charge in [-0.3, -0.25) is 4.68 Å². The third-order valence-corrected chi connectivity index (χ3v) is 4.65. The lowest BCUT2D eigenvalue weighted by molar-refractivity contribution is 0.171. The molecule has 1 aromatic heterocycles. The molecule has 0 bridgehead atoms. The number of methoxy groups -OCH3 is 1. The molecular weight excluding hydrogens is 330 g/mol. The van der Waals surface area contributed by atoms with E-state index in [0.29, 0.717) is 11.8 Å². The van der Waals surface area contributed by atoms with Gasteiger partial charge in [-0.2, -0.15) is 5.10 Å². The maximum atomic E-state index is 5.49. The van der Waals surface area contributed by atoms with Gasteiger partial charge in [0.25, 0.3) is 0 Å². The summed E-state index contributed by atoms with van der Waals surface area (Å²) in [5.74, 6) is 2.18. The maximum absolute atomic E-state index is 5.49. The Labute approximate surface area is 147 Å². The number of nitrogens with zero attached hydrogens (tertiary/aromatic N) is 2. The molecule has 0 saturated carbocycles. The Kier molecular flexibility index (Phi) is 4.87. The highest BCUT2D eigenvalue weighted by molar-refractivity contribution is 5.85. The predicted molar refractivity (Wildman–Crippen MR) is 92.1 cm³/mol. The summed E-state index contributed by atoms with van der Waals surface area (Å²) in [5, 5.41) is 8.04. The Bertz CT molecular complexity index is 732. The average molecular weight is 352 g/mol. The van der Waals surface area contributed by atoms with Crippen molar-refractivity contribution >= 4 is 12.4 Å². The summed E-state index contributed by atoms with van der Waals surface area (Å²) in [7, 11) is 3.67. The molecule has 2 heterocycles. The fourth-order valence-corrected chi connectivity index (χ4v) is 3.45. The minimum atomic E-state index is 0. The summed E-state index contributed by atoms with van der Waals surface area (Å²) in [6.07, 6.45) is 5.43. The van der Waals surface area contributed by atoms with Gasteiger partial charge in [0.15, 0.2) is 11.5 Å². The summed E-state index contributed by atoms with van der Waals surface area (Å²) >= 11 is 0. The molecule has 4 rings (SSSR count). The summed E-state index contributed by atoms with van der Waals surface area (Å²) in [6.45, 7) is 1.01. The van der Waals surface area contributed by atoms with E-state index >= 15 is 0 Å². The number of hydrogen-bond acceptors (Lipinski definition) is 5. The zero-order chi connectivity index (χ0) is 15.8. The zero-order valence-corrected chi connectivity index (χ0v) is 14.7. The lowest BCUT2D eigenvalue weighted by Crippen LogP contribution is -2.24. The zero-order valence-electron chi connectivity index (χ0n) is 13.9. The van der Waals surface area contributed by atoms with E-state index in [2.05, 4.69) is 10.4 Å². The highest BCUT2D eigenvalue weighted by Crippen LogP contribution is 2.42. The van der Waals surface area contributed by atoms with Crippen LogP contribution in [-0.2, 0) is 20.0 Å². The summed E-state index contributed by atoms with van der Waals surface area (Å²) in [6, 6.07) is 4.38. The molecule has 0 saturated heterocycles. The Hall–Kier alpha value is -1.92. The van der Waals surface area contributed by atoms with Gasteiger partial charge in [-0.05, 0) is 37.0 Å². The van der Waals surface area contributed by atoms with Crippen molar-refractivity contribution in [2.75, 3.05) is 13.9 Å². The third-order valence-electron chi connectivity index (χ3n) is 4.65. The van der Waals surface area contributed by atoms with E-state index in [-0.39, 0.29) is 19.2 Å². The second kappa shape index (κ2) is 6.91. The van der Waals surface area contributed by atoms with Crippen LogP contribution >= 0.6 is 12.4 Å². The normalized spacial score (nSPS) is 18.0. The van der Waals surface area contributed by atoms with Gasteiger partial charge in [-0.1, -0.05) is 0 Å². The van der Waals surface area contributed by atoms with Crippen LogP contribution in [0.15, 0.2) is 18.3 Å². The largest absolute Gasteiger partial charge is 0.493 e. The number of halogens is 1. The van der Waals surface area contributed by atoms with Crippen molar-refractivity contribution < 1.29 is 14.2 Å². The molecule has 6 nitrogen and oxygen atoms in total. The lowest BCUT2D eigenvalue weighted by atomic mass is 9.93. The molecule has 0 amide bonds. The Morgan fingerprint density at radius 3 is 3.08 bits per heavy atom. The molecule has 2 aromatic rings. The first-order valence-corrected chi connectivity index (χ1v) is 7.97. The first-order chi connectivity index (χ1) is 11.3. The lowest BCUT2D eigenvalue weighted by Gasteiger charge is -2.24. The second-order valence-electron chi connectivity index (χ2n) is 6.03. The molecule has 0 radical (unpaired) electrons. The van der Waals surface area contributed by atoms with E-state index in [0.717, 1.165) is 36.4 Å². The average Bonchev–Trinajstić information content (AvgIpc) is 3.19. The molecule has 2 aliphatic rings. The van der Waals surface area contributed by atoms with Crippen LogP contribution in [0.3, 0.4) is 0 Å².